The maximum Gasteiger partial charge on any atom is 0.295 e. The summed E-state index contributed by atoms with van der Waals surface area (Å²) in [5.74, 6) is 1.30. The average molecular weight is 393 g/mol. The standard InChI is InChI=1S/C23H27N3O3/c1-2-6-21-20(5-1)26-23(29-21)25-17-7-9-18(10-8-17)28-22-19(4-3-13-24-22)16-11-14-27-15-12-16/h1-6,13,16-18H,7-12,14-15H2,(H,25,26). The molecule has 6 nitrogen and oxygen atoms in total. The average Bonchev–Trinajstić information content (AvgIpc) is 3.18. The van der Waals surface area contributed by atoms with Gasteiger partial charge in [0.25, 0.3) is 6.01 Å². The second-order valence-electron chi connectivity index (χ2n) is 8.01. The van der Waals surface area contributed by atoms with Gasteiger partial charge in [-0.3, -0.25) is 0 Å². The Hall–Kier alpha value is -2.60. The molecule has 2 fully saturated rings. The number of aromatic nitrogens is 2. The molecule has 3 heterocycles. The number of benzene rings is 1. The molecule has 1 aromatic carbocycles. The van der Waals surface area contributed by atoms with E-state index in [-0.39, 0.29) is 6.10 Å². The normalized spacial score (nSPS) is 23.2. The molecule has 29 heavy (non-hydrogen) atoms. The predicted molar refractivity (Wildman–Crippen MR) is 111 cm³/mol. The van der Waals surface area contributed by atoms with Crippen LogP contribution in [0.2, 0.25) is 0 Å². The third kappa shape index (κ3) is 4.22. The number of nitrogens with one attached hydrogen (secondary N) is 1. The Bertz CT molecular complexity index is 910. The molecule has 0 atom stereocenters. The number of anilines is 1. The van der Waals surface area contributed by atoms with E-state index in [4.69, 9.17) is 13.9 Å². The van der Waals surface area contributed by atoms with Gasteiger partial charge in [0.2, 0.25) is 5.88 Å². The molecule has 2 aliphatic rings. The van der Waals surface area contributed by atoms with Gasteiger partial charge in [-0.15, -0.1) is 0 Å². The summed E-state index contributed by atoms with van der Waals surface area (Å²) in [4.78, 5) is 9.08. The highest BCUT2D eigenvalue weighted by Gasteiger charge is 2.26. The van der Waals surface area contributed by atoms with Crippen LogP contribution in [0.15, 0.2) is 47.0 Å². The summed E-state index contributed by atoms with van der Waals surface area (Å²) < 4.78 is 17.7. The lowest BCUT2D eigenvalue weighted by molar-refractivity contribution is 0.0829. The van der Waals surface area contributed by atoms with Crippen molar-refractivity contribution in [1.29, 1.82) is 0 Å². The highest BCUT2D eigenvalue weighted by atomic mass is 16.5. The first-order valence-electron chi connectivity index (χ1n) is 10.7. The van der Waals surface area contributed by atoms with Gasteiger partial charge in [-0.05, 0) is 62.6 Å². The second kappa shape index (κ2) is 8.41. The Balaban J connectivity index is 1.18. The number of oxazole rings is 1. The van der Waals surface area contributed by atoms with E-state index < -0.39 is 0 Å². The van der Waals surface area contributed by atoms with Crippen LogP contribution < -0.4 is 10.1 Å². The predicted octanol–water partition coefficient (Wildman–Crippen LogP) is 4.92. The van der Waals surface area contributed by atoms with E-state index in [1.807, 2.05) is 36.5 Å². The minimum absolute atomic E-state index is 0.213. The monoisotopic (exact) mass is 393 g/mol. The van der Waals surface area contributed by atoms with Crippen LogP contribution in [0.4, 0.5) is 6.01 Å². The molecule has 1 N–H and O–H groups in total. The van der Waals surface area contributed by atoms with Gasteiger partial charge in [0.1, 0.15) is 11.6 Å². The molecular weight excluding hydrogens is 366 g/mol. The fourth-order valence-electron chi connectivity index (χ4n) is 4.41. The SMILES string of the molecule is c1cnc(OC2CCC(Nc3nc4ccccc4o3)CC2)c(C2CCOCC2)c1. The van der Waals surface area contributed by atoms with Crippen molar-refractivity contribution in [3.05, 3.63) is 48.2 Å². The van der Waals surface area contributed by atoms with Crippen molar-refractivity contribution in [2.24, 2.45) is 0 Å². The Morgan fingerprint density at radius 3 is 2.59 bits per heavy atom. The van der Waals surface area contributed by atoms with Gasteiger partial charge in [-0.2, -0.15) is 4.98 Å². The molecule has 0 spiro atoms. The molecule has 1 saturated heterocycles. The minimum atomic E-state index is 0.213. The van der Waals surface area contributed by atoms with Gasteiger partial charge < -0.3 is 19.2 Å². The molecule has 0 bridgehead atoms. The summed E-state index contributed by atoms with van der Waals surface area (Å²) in [5, 5.41) is 3.45. The number of nitrogens with zero attached hydrogens (tertiary/aromatic N) is 2. The van der Waals surface area contributed by atoms with Crippen molar-refractivity contribution in [3.63, 3.8) is 0 Å². The van der Waals surface area contributed by atoms with Crippen LogP contribution in [0.25, 0.3) is 11.1 Å². The van der Waals surface area contributed by atoms with E-state index >= 15 is 0 Å². The first kappa shape index (κ1) is 18.4. The van der Waals surface area contributed by atoms with Gasteiger partial charge in [0.15, 0.2) is 5.58 Å². The lowest BCUT2D eigenvalue weighted by Crippen LogP contribution is -2.31. The molecule has 1 aliphatic heterocycles. The van der Waals surface area contributed by atoms with Crippen molar-refractivity contribution in [2.75, 3.05) is 18.5 Å². The summed E-state index contributed by atoms with van der Waals surface area (Å²) in [6.07, 6.45) is 8.20. The Morgan fingerprint density at radius 2 is 1.76 bits per heavy atom. The smallest absolute Gasteiger partial charge is 0.295 e. The zero-order chi connectivity index (χ0) is 19.5. The summed E-state index contributed by atoms with van der Waals surface area (Å²) in [5.41, 5.74) is 2.95. The number of fused-ring (bicyclic) bond motifs is 1. The number of rotatable bonds is 5. The Labute approximate surface area is 170 Å². The number of ether oxygens (including phenoxy) is 2. The zero-order valence-electron chi connectivity index (χ0n) is 16.5. The van der Waals surface area contributed by atoms with Crippen LogP contribution in [0.5, 0.6) is 5.88 Å². The molecule has 0 radical (unpaired) electrons. The molecule has 2 aromatic heterocycles. The molecular formula is C23H27N3O3. The maximum atomic E-state index is 6.37. The van der Waals surface area contributed by atoms with E-state index in [0.717, 1.165) is 68.7 Å². The van der Waals surface area contributed by atoms with E-state index in [2.05, 4.69) is 21.4 Å². The number of hydrogen-bond acceptors (Lipinski definition) is 6. The number of hydrogen-bond donors (Lipinski definition) is 1. The van der Waals surface area contributed by atoms with E-state index in [1.165, 1.54) is 5.56 Å². The van der Waals surface area contributed by atoms with E-state index in [0.29, 0.717) is 18.0 Å². The van der Waals surface area contributed by atoms with Gasteiger partial charge in [-0.1, -0.05) is 18.2 Å². The Kier molecular flexibility index (Phi) is 5.35. The van der Waals surface area contributed by atoms with Crippen molar-refractivity contribution in [1.82, 2.24) is 9.97 Å². The fourth-order valence-corrected chi connectivity index (χ4v) is 4.41. The summed E-state index contributed by atoms with van der Waals surface area (Å²) >= 11 is 0. The van der Waals surface area contributed by atoms with E-state index in [1.54, 1.807) is 0 Å². The van der Waals surface area contributed by atoms with Crippen LogP contribution in [0.1, 0.15) is 50.0 Å². The van der Waals surface area contributed by atoms with Crippen molar-refractivity contribution < 1.29 is 13.9 Å². The highest BCUT2D eigenvalue weighted by molar-refractivity contribution is 5.74. The topological polar surface area (TPSA) is 69.4 Å². The molecule has 1 aliphatic carbocycles. The molecule has 0 amide bonds. The van der Waals surface area contributed by atoms with Crippen LogP contribution in [0.3, 0.4) is 0 Å². The summed E-state index contributed by atoms with van der Waals surface area (Å²) in [6, 6.07) is 13.0. The van der Waals surface area contributed by atoms with Crippen LogP contribution in [-0.2, 0) is 4.74 Å². The first-order valence-corrected chi connectivity index (χ1v) is 10.7. The maximum absolute atomic E-state index is 6.37. The first-order chi connectivity index (χ1) is 14.3. The largest absolute Gasteiger partial charge is 0.474 e. The molecule has 0 unspecified atom stereocenters. The third-order valence-corrected chi connectivity index (χ3v) is 6.04. The van der Waals surface area contributed by atoms with Gasteiger partial charge >= 0.3 is 0 Å². The van der Waals surface area contributed by atoms with Crippen LogP contribution >= 0.6 is 0 Å². The highest BCUT2D eigenvalue weighted by Crippen LogP contribution is 2.34. The lowest BCUT2D eigenvalue weighted by Gasteiger charge is -2.30. The molecule has 1 saturated carbocycles. The summed E-state index contributed by atoms with van der Waals surface area (Å²) in [7, 11) is 0. The van der Waals surface area contributed by atoms with Crippen molar-refractivity contribution in [3.8, 4) is 5.88 Å². The van der Waals surface area contributed by atoms with Gasteiger partial charge in [0.05, 0.1) is 0 Å². The summed E-state index contributed by atoms with van der Waals surface area (Å²) in [6.45, 7) is 1.65. The van der Waals surface area contributed by atoms with Crippen molar-refractivity contribution >= 4 is 17.1 Å². The zero-order valence-corrected chi connectivity index (χ0v) is 16.5. The van der Waals surface area contributed by atoms with Crippen molar-refractivity contribution in [2.45, 2.75) is 56.6 Å². The van der Waals surface area contributed by atoms with Crippen LogP contribution in [-0.4, -0.2) is 35.3 Å². The second-order valence-corrected chi connectivity index (χ2v) is 8.01. The Morgan fingerprint density at radius 1 is 0.931 bits per heavy atom. The molecule has 6 heteroatoms. The fraction of sp³-hybridized carbons (Fsp3) is 0.478. The molecule has 5 rings (SSSR count). The van der Waals surface area contributed by atoms with Crippen LogP contribution in [0, 0.1) is 0 Å². The van der Waals surface area contributed by atoms with E-state index in [9.17, 15) is 0 Å². The van der Waals surface area contributed by atoms with Gasteiger partial charge in [-0.25, -0.2) is 4.98 Å². The number of pyridine rings is 1. The van der Waals surface area contributed by atoms with Gasteiger partial charge in [0, 0.05) is 31.0 Å². The molecule has 3 aromatic rings. The lowest BCUT2D eigenvalue weighted by atomic mass is 9.91. The minimum Gasteiger partial charge on any atom is -0.474 e. The molecule has 152 valence electrons. The number of para-hydroxylation sites is 2. The third-order valence-electron chi connectivity index (χ3n) is 6.04. The quantitative estimate of drug-likeness (QED) is 0.664.